The summed E-state index contributed by atoms with van der Waals surface area (Å²) in [5, 5.41) is 8.36. The van der Waals surface area contributed by atoms with Gasteiger partial charge in [-0.25, -0.2) is 9.67 Å². The molecule has 0 N–H and O–H groups in total. The van der Waals surface area contributed by atoms with Gasteiger partial charge in [-0.15, -0.1) is 5.10 Å². The molecular weight excluding hydrogens is 460 g/mol. The van der Waals surface area contributed by atoms with Crippen molar-refractivity contribution in [3.63, 3.8) is 0 Å². The Bertz CT molecular complexity index is 1080. The molecule has 0 bridgehead atoms. The standard InChI is InChI=1S/C23H28N4O8/c1-13(28)24-10-18-21(33-14(2)29)22(34-15(3)30)20(35-23(18)32-5)12-27-11-19(25-26-27)16-7-6-8-17(9-16)31-4/h6-11,18,20-23H,12H2,1-5H3/t18?,20-,21-,22+,23?/m1/s1. The molecule has 0 radical (unpaired) electrons. The number of nitrogens with zero attached hydrogens (tertiary/aromatic N) is 4. The molecule has 1 amide bonds. The van der Waals surface area contributed by atoms with E-state index in [0.29, 0.717) is 11.4 Å². The zero-order valence-electron chi connectivity index (χ0n) is 20.1. The van der Waals surface area contributed by atoms with E-state index in [9.17, 15) is 14.4 Å². The number of carbonyl (C=O) groups excluding carboxylic acids is 3. The van der Waals surface area contributed by atoms with E-state index in [0.717, 1.165) is 5.56 Å². The molecule has 2 aromatic rings. The topological polar surface area (TPSA) is 140 Å². The average Bonchev–Trinajstić information content (AvgIpc) is 3.28. The molecule has 2 unspecified atom stereocenters. The van der Waals surface area contributed by atoms with Crippen molar-refractivity contribution in [2.24, 2.45) is 10.9 Å². The summed E-state index contributed by atoms with van der Waals surface area (Å²) in [4.78, 5) is 39.1. The average molecular weight is 488 g/mol. The lowest BCUT2D eigenvalue weighted by Gasteiger charge is -2.43. The van der Waals surface area contributed by atoms with Crippen molar-refractivity contribution >= 4 is 24.1 Å². The van der Waals surface area contributed by atoms with Gasteiger partial charge in [0.2, 0.25) is 5.91 Å². The Kier molecular flexibility index (Phi) is 8.66. The van der Waals surface area contributed by atoms with Gasteiger partial charge in [-0.05, 0) is 12.1 Å². The van der Waals surface area contributed by atoms with Crippen LogP contribution < -0.4 is 4.74 Å². The number of amides is 1. The lowest BCUT2D eigenvalue weighted by molar-refractivity contribution is -0.269. The van der Waals surface area contributed by atoms with Crippen molar-refractivity contribution < 1.29 is 38.1 Å². The highest BCUT2D eigenvalue weighted by atomic mass is 16.7. The number of hydrogen-bond acceptors (Lipinski definition) is 10. The van der Waals surface area contributed by atoms with E-state index >= 15 is 0 Å². The van der Waals surface area contributed by atoms with Gasteiger partial charge in [-0.1, -0.05) is 17.3 Å². The van der Waals surface area contributed by atoms with Crippen molar-refractivity contribution in [1.82, 2.24) is 15.0 Å². The quantitative estimate of drug-likeness (QED) is 0.396. The molecule has 0 aliphatic carbocycles. The fourth-order valence-corrected chi connectivity index (χ4v) is 3.79. The zero-order valence-corrected chi connectivity index (χ0v) is 20.1. The summed E-state index contributed by atoms with van der Waals surface area (Å²) in [5.41, 5.74) is 1.39. The molecule has 2 heterocycles. The lowest BCUT2D eigenvalue weighted by atomic mass is 9.90. The van der Waals surface area contributed by atoms with Crippen LogP contribution in [0.3, 0.4) is 0 Å². The van der Waals surface area contributed by atoms with Crippen LogP contribution in [0.25, 0.3) is 11.3 Å². The van der Waals surface area contributed by atoms with Crippen molar-refractivity contribution in [3.8, 4) is 17.0 Å². The predicted octanol–water partition coefficient (Wildman–Crippen LogP) is 1.42. The van der Waals surface area contributed by atoms with Crippen LogP contribution in [0.2, 0.25) is 0 Å². The molecule has 0 spiro atoms. The van der Waals surface area contributed by atoms with Crippen molar-refractivity contribution in [3.05, 3.63) is 30.5 Å². The van der Waals surface area contributed by atoms with Gasteiger partial charge in [0.1, 0.15) is 17.5 Å². The van der Waals surface area contributed by atoms with E-state index in [1.54, 1.807) is 13.3 Å². The van der Waals surface area contributed by atoms with Crippen LogP contribution in [0.15, 0.2) is 35.5 Å². The Labute approximate surface area is 202 Å². The van der Waals surface area contributed by atoms with Crippen LogP contribution in [-0.4, -0.2) is 77.9 Å². The second kappa shape index (κ2) is 11.7. The molecule has 1 aromatic carbocycles. The second-order valence-electron chi connectivity index (χ2n) is 7.86. The van der Waals surface area contributed by atoms with Crippen LogP contribution in [0.5, 0.6) is 5.75 Å². The van der Waals surface area contributed by atoms with E-state index in [-0.39, 0.29) is 6.54 Å². The molecule has 1 saturated heterocycles. The van der Waals surface area contributed by atoms with Gasteiger partial charge in [0.25, 0.3) is 0 Å². The maximum absolute atomic E-state index is 11.9. The molecule has 35 heavy (non-hydrogen) atoms. The number of rotatable bonds is 8. The summed E-state index contributed by atoms with van der Waals surface area (Å²) in [6.07, 6.45) is -0.835. The molecule has 188 valence electrons. The number of aromatic nitrogens is 3. The molecule has 1 aromatic heterocycles. The normalized spacial score (nSPS) is 24.2. The Balaban J connectivity index is 1.92. The molecule has 12 nitrogen and oxygen atoms in total. The van der Waals surface area contributed by atoms with Gasteiger partial charge >= 0.3 is 11.9 Å². The SMILES string of the molecule is COc1cccc(-c2cn(C[C@H]3OC(OC)C(C=NC(C)=O)[C@@H](OC(C)=O)[C@H]3OC(C)=O)nn2)c1. The highest BCUT2D eigenvalue weighted by molar-refractivity contribution is 5.84. The van der Waals surface area contributed by atoms with Crippen LogP contribution in [-0.2, 0) is 39.9 Å². The number of aliphatic imine (C=N–C) groups is 1. The number of methoxy groups -OCH3 is 2. The third kappa shape index (κ3) is 6.70. The molecule has 3 rings (SSSR count). The van der Waals surface area contributed by atoms with E-state index in [1.807, 2.05) is 24.3 Å². The first kappa shape index (κ1) is 26.0. The third-order valence-corrected chi connectivity index (χ3v) is 5.23. The van der Waals surface area contributed by atoms with Crippen LogP contribution in [0, 0.1) is 5.92 Å². The predicted molar refractivity (Wildman–Crippen MR) is 121 cm³/mol. The van der Waals surface area contributed by atoms with E-state index < -0.39 is 48.4 Å². The Hall–Kier alpha value is -3.64. The lowest BCUT2D eigenvalue weighted by Crippen LogP contribution is -2.59. The molecule has 5 atom stereocenters. The Morgan fingerprint density at radius 3 is 2.46 bits per heavy atom. The summed E-state index contributed by atoms with van der Waals surface area (Å²) < 4.78 is 29.3. The summed E-state index contributed by atoms with van der Waals surface area (Å²) in [5.74, 6) is -1.80. The first-order valence-electron chi connectivity index (χ1n) is 10.8. The van der Waals surface area contributed by atoms with Gasteiger partial charge in [-0.2, -0.15) is 0 Å². The van der Waals surface area contributed by atoms with E-state index in [4.69, 9.17) is 23.7 Å². The Morgan fingerprint density at radius 1 is 1.11 bits per heavy atom. The molecule has 1 fully saturated rings. The Morgan fingerprint density at radius 2 is 1.83 bits per heavy atom. The minimum atomic E-state index is -1.03. The van der Waals surface area contributed by atoms with Gasteiger partial charge in [0.15, 0.2) is 18.5 Å². The smallest absolute Gasteiger partial charge is 0.303 e. The number of ether oxygens (including phenoxy) is 5. The molecule has 1 aliphatic rings. The van der Waals surface area contributed by atoms with Crippen molar-refractivity contribution in [1.29, 1.82) is 0 Å². The first-order chi connectivity index (χ1) is 16.7. The summed E-state index contributed by atoms with van der Waals surface area (Å²) in [6.45, 7) is 3.84. The minimum absolute atomic E-state index is 0.100. The highest BCUT2D eigenvalue weighted by Crippen LogP contribution is 2.32. The fraction of sp³-hybridized carbons (Fsp3) is 0.478. The van der Waals surface area contributed by atoms with Crippen molar-refractivity contribution in [2.75, 3.05) is 14.2 Å². The molecular formula is C23H28N4O8. The van der Waals surface area contributed by atoms with Crippen LogP contribution in [0.4, 0.5) is 0 Å². The summed E-state index contributed by atoms with van der Waals surface area (Å²) in [6, 6.07) is 7.35. The van der Waals surface area contributed by atoms with Gasteiger partial charge < -0.3 is 23.7 Å². The largest absolute Gasteiger partial charge is 0.497 e. The molecule has 0 saturated carbocycles. The first-order valence-corrected chi connectivity index (χ1v) is 10.8. The number of carbonyl (C=O) groups is 3. The van der Waals surface area contributed by atoms with Crippen LogP contribution >= 0.6 is 0 Å². The zero-order chi connectivity index (χ0) is 25.5. The minimum Gasteiger partial charge on any atom is -0.497 e. The number of benzene rings is 1. The fourth-order valence-electron chi connectivity index (χ4n) is 3.79. The third-order valence-electron chi connectivity index (χ3n) is 5.23. The van der Waals surface area contributed by atoms with Gasteiger partial charge in [0.05, 0.1) is 25.8 Å². The molecule has 1 aliphatic heterocycles. The van der Waals surface area contributed by atoms with Gasteiger partial charge in [0, 0.05) is 39.7 Å². The van der Waals surface area contributed by atoms with E-state index in [1.165, 1.54) is 38.8 Å². The monoisotopic (exact) mass is 488 g/mol. The second-order valence-corrected chi connectivity index (χ2v) is 7.86. The summed E-state index contributed by atoms with van der Waals surface area (Å²) in [7, 11) is 2.98. The number of esters is 2. The maximum atomic E-state index is 11.9. The molecule has 12 heteroatoms. The van der Waals surface area contributed by atoms with Gasteiger partial charge in [-0.3, -0.25) is 14.4 Å². The van der Waals surface area contributed by atoms with Crippen molar-refractivity contribution in [2.45, 2.75) is 51.9 Å². The highest BCUT2D eigenvalue weighted by Gasteiger charge is 2.49. The number of hydrogen-bond donors (Lipinski definition) is 0. The summed E-state index contributed by atoms with van der Waals surface area (Å²) >= 11 is 0. The maximum Gasteiger partial charge on any atom is 0.303 e. The van der Waals surface area contributed by atoms with Crippen LogP contribution in [0.1, 0.15) is 20.8 Å². The van der Waals surface area contributed by atoms with E-state index in [2.05, 4.69) is 15.3 Å².